The van der Waals surface area contributed by atoms with Crippen LogP contribution in [-0.2, 0) is 0 Å². The molecule has 0 N–H and O–H groups in total. The Hall–Kier alpha value is -2.53. The Bertz CT molecular complexity index is 695. The summed E-state index contributed by atoms with van der Waals surface area (Å²) in [6.45, 7) is 5.81. The first-order chi connectivity index (χ1) is 12.8. The lowest BCUT2D eigenvalue weighted by molar-refractivity contribution is 0.111. The van der Waals surface area contributed by atoms with E-state index in [1.165, 1.54) is 5.69 Å². The van der Waals surface area contributed by atoms with Crippen molar-refractivity contribution in [1.29, 1.82) is 0 Å². The Balaban J connectivity index is 1.38. The number of methoxy groups -OCH3 is 1. The van der Waals surface area contributed by atoms with Crippen molar-refractivity contribution in [3.8, 4) is 11.5 Å². The number of piperazine rings is 1. The van der Waals surface area contributed by atoms with Crippen LogP contribution < -0.4 is 14.4 Å². The van der Waals surface area contributed by atoms with Gasteiger partial charge in [-0.3, -0.25) is 9.69 Å². The second kappa shape index (κ2) is 9.25. The third-order valence-corrected chi connectivity index (χ3v) is 4.73. The maximum atomic E-state index is 11.0. The van der Waals surface area contributed by atoms with Gasteiger partial charge in [0, 0.05) is 38.4 Å². The number of rotatable bonds is 8. The van der Waals surface area contributed by atoms with Gasteiger partial charge in [-0.05, 0) is 42.8 Å². The molecule has 0 saturated carbocycles. The van der Waals surface area contributed by atoms with Crippen LogP contribution in [0.4, 0.5) is 5.69 Å². The molecule has 1 aliphatic rings. The van der Waals surface area contributed by atoms with Crippen molar-refractivity contribution < 1.29 is 14.3 Å². The predicted octanol–water partition coefficient (Wildman–Crippen LogP) is 3.10. The molecule has 0 atom stereocenters. The molecule has 1 aliphatic heterocycles. The van der Waals surface area contributed by atoms with Crippen molar-refractivity contribution in [2.45, 2.75) is 6.42 Å². The molecule has 2 aromatic rings. The molecular weight excluding hydrogens is 328 g/mol. The minimum Gasteiger partial charge on any atom is -0.497 e. The van der Waals surface area contributed by atoms with Gasteiger partial charge in [0.15, 0.2) is 6.29 Å². The lowest BCUT2D eigenvalue weighted by Crippen LogP contribution is -2.46. The number of benzene rings is 2. The Kier molecular flexibility index (Phi) is 6.50. The van der Waals surface area contributed by atoms with Crippen molar-refractivity contribution in [1.82, 2.24) is 4.90 Å². The van der Waals surface area contributed by atoms with Gasteiger partial charge in [-0.1, -0.05) is 12.1 Å². The van der Waals surface area contributed by atoms with E-state index >= 15 is 0 Å². The van der Waals surface area contributed by atoms with Crippen LogP contribution >= 0.6 is 0 Å². The van der Waals surface area contributed by atoms with Gasteiger partial charge < -0.3 is 14.4 Å². The summed E-state index contributed by atoms with van der Waals surface area (Å²) >= 11 is 0. The van der Waals surface area contributed by atoms with Gasteiger partial charge in [0.1, 0.15) is 11.5 Å². The van der Waals surface area contributed by atoms with Gasteiger partial charge in [0.2, 0.25) is 0 Å². The third-order valence-electron chi connectivity index (χ3n) is 4.73. The molecular formula is C21H26N2O3. The minimum absolute atomic E-state index is 0.612. The van der Waals surface area contributed by atoms with Gasteiger partial charge in [-0.15, -0.1) is 0 Å². The number of nitrogens with zero attached hydrogens (tertiary/aromatic N) is 2. The van der Waals surface area contributed by atoms with E-state index in [-0.39, 0.29) is 0 Å². The molecule has 5 heteroatoms. The average molecular weight is 354 g/mol. The third kappa shape index (κ3) is 4.76. The number of hydrogen-bond donors (Lipinski definition) is 0. The number of carbonyl (C=O) groups is 1. The molecule has 1 saturated heterocycles. The van der Waals surface area contributed by atoms with E-state index in [1.807, 2.05) is 30.3 Å². The number of anilines is 1. The first-order valence-corrected chi connectivity index (χ1v) is 9.08. The van der Waals surface area contributed by atoms with Crippen molar-refractivity contribution >= 4 is 12.0 Å². The molecule has 1 heterocycles. The van der Waals surface area contributed by atoms with E-state index in [0.29, 0.717) is 17.9 Å². The van der Waals surface area contributed by atoms with Crippen LogP contribution in [0.3, 0.4) is 0 Å². The van der Waals surface area contributed by atoms with E-state index in [4.69, 9.17) is 9.47 Å². The van der Waals surface area contributed by atoms with Crippen LogP contribution in [0.25, 0.3) is 0 Å². The Labute approximate surface area is 155 Å². The summed E-state index contributed by atoms with van der Waals surface area (Å²) < 4.78 is 11.0. The molecule has 3 rings (SSSR count). The fourth-order valence-electron chi connectivity index (χ4n) is 3.20. The van der Waals surface area contributed by atoms with Gasteiger partial charge in [-0.25, -0.2) is 0 Å². The van der Waals surface area contributed by atoms with Gasteiger partial charge in [0.05, 0.1) is 19.3 Å². The quantitative estimate of drug-likeness (QED) is 0.538. The minimum atomic E-state index is 0.612. The van der Waals surface area contributed by atoms with Crippen molar-refractivity contribution in [3.63, 3.8) is 0 Å². The first-order valence-electron chi connectivity index (χ1n) is 9.08. The Morgan fingerprint density at radius 2 is 1.73 bits per heavy atom. The molecule has 0 spiro atoms. The van der Waals surface area contributed by atoms with Crippen LogP contribution in [0.15, 0.2) is 48.5 Å². The number of hydrogen-bond acceptors (Lipinski definition) is 5. The van der Waals surface area contributed by atoms with E-state index in [0.717, 1.165) is 51.2 Å². The summed E-state index contributed by atoms with van der Waals surface area (Å²) in [4.78, 5) is 15.9. The second-order valence-corrected chi connectivity index (χ2v) is 6.38. The van der Waals surface area contributed by atoms with Crippen molar-refractivity contribution in [2.24, 2.45) is 0 Å². The highest BCUT2D eigenvalue weighted by Crippen LogP contribution is 2.20. The molecule has 0 aromatic heterocycles. The molecule has 138 valence electrons. The van der Waals surface area contributed by atoms with E-state index in [2.05, 4.69) is 21.9 Å². The number of ether oxygens (including phenoxy) is 2. The number of carbonyl (C=O) groups excluding carboxylic acids is 1. The van der Waals surface area contributed by atoms with E-state index in [9.17, 15) is 4.79 Å². The zero-order chi connectivity index (χ0) is 18.2. The first kappa shape index (κ1) is 18.3. The fraction of sp³-hybridized carbons (Fsp3) is 0.381. The average Bonchev–Trinajstić information content (AvgIpc) is 2.72. The molecule has 0 unspecified atom stereocenters. The second-order valence-electron chi connectivity index (χ2n) is 6.38. The fourth-order valence-corrected chi connectivity index (χ4v) is 3.20. The maximum absolute atomic E-state index is 11.0. The zero-order valence-corrected chi connectivity index (χ0v) is 15.3. The van der Waals surface area contributed by atoms with E-state index in [1.54, 1.807) is 13.2 Å². The monoisotopic (exact) mass is 354 g/mol. The largest absolute Gasteiger partial charge is 0.497 e. The maximum Gasteiger partial charge on any atom is 0.153 e. The number of aldehydes is 1. The molecule has 26 heavy (non-hydrogen) atoms. The van der Waals surface area contributed by atoms with Crippen LogP contribution in [0.2, 0.25) is 0 Å². The predicted molar refractivity (Wildman–Crippen MR) is 104 cm³/mol. The van der Waals surface area contributed by atoms with Crippen LogP contribution in [-0.4, -0.2) is 57.6 Å². The van der Waals surface area contributed by atoms with E-state index < -0.39 is 0 Å². The highest BCUT2D eigenvalue weighted by molar-refractivity contribution is 5.79. The van der Waals surface area contributed by atoms with Gasteiger partial charge >= 0.3 is 0 Å². The summed E-state index contributed by atoms with van der Waals surface area (Å²) in [5.74, 6) is 1.57. The van der Waals surface area contributed by atoms with Crippen LogP contribution in [0.1, 0.15) is 16.8 Å². The summed E-state index contributed by atoms with van der Waals surface area (Å²) in [7, 11) is 1.69. The molecule has 0 bridgehead atoms. The highest BCUT2D eigenvalue weighted by atomic mass is 16.5. The van der Waals surface area contributed by atoms with Crippen LogP contribution in [0.5, 0.6) is 11.5 Å². The molecule has 0 radical (unpaired) electrons. The highest BCUT2D eigenvalue weighted by Gasteiger charge is 2.16. The summed E-state index contributed by atoms with van der Waals surface area (Å²) in [6, 6.07) is 15.6. The van der Waals surface area contributed by atoms with Crippen LogP contribution in [0, 0.1) is 0 Å². The van der Waals surface area contributed by atoms with Crippen molar-refractivity contribution in [2.75, 3.05) is 51.3 Å². The standard InChI is InChI=1S/C21H26N2O3/c1-25-20-9-7-19(8-10-20)23-14-12-22(13-15-23)11-4-16-26-21-6-3-2-5-18(21)17-24/h2-3,5-10,17H,4,11-16H2,1H3. The lowest BCUT2D eigenvalue weighted by atomic mass is 10.2. The smallest absolute Gasteiger partial charge is 0.153 e. The molecule has 1 fully saturated rings. The summed E-state index contributed by atoms with van der Waals surface area (Å²) in [5.41, 5.74) is 1.86. The summed E-state index contributed by atoms with van der Waals surface area (Å²) in [5, 5.41) is 0. The lowest BCUT2D eigenvalue weighted by Gasteiger charge is -2.36. The Morgan fingerprint density at radius 1 is 1.00 bits per heavy atom. The van der Waals surface area contributed by atoms with Crippen molar-refractivity contribution in [3.05, 3.63) is 54.1 Å². The normalized spacial score (nSPS) is 14.9. The van der Waals surface area contributed by atoms with Gasteiger partial charge in [-0.2, -0.15) is 0 Å². The molecule has 0 amide bonds. The Morgan fingerprint density at radius 3 is 2.42 bits per heavy atom. The van der Waals surface area contributed by atoms with Gasteiger partial charge in [0.25, 0.3) is 0 Å². The molecule has 0 aliphatic carbocycles. The summed E-state index contributed by atoms with van der Waals surface area (Å²) in [6.07, 6.45) is 1.80. The molecule has 5 nitrogen and oxygen atoms in total. The number of para-hydroxylation sites is 1. The SMILES string of the molecule is COc1ccc(N2CCN(CCCOc3ccccc3C=O)CC2)cc1. The zero-order valence-electron chi connectivity index (χ0n) is 15.3. The topological polar surface area (TPSA) is 42.0 Å². The molecule has 2 aromatic carbocycles.